The molecule has 0 unspecified atom stereocenters. The van der Waals surface area contributed by atoms with Gasteiger partial charge in [-0.1, -0.05) is 19.1 Å². The Bertz CT molecular complexity index is 458. The van der Waals surface area contributed by atoms with Gasteiger partial charge in [-0.15, -0.1) is 0 Å². The molecule has 116 valence electrons. The lowest BCUT2D eigenvalue weighted by Crippen LogP contribution is -2.43. The van der Waals surface area contributed by atoms with Crippen molar-refractivity contribution in [1.82, 2.24) is 10.2 Å². The van der Waals surface area contributed by atoms with Gasteiger partial charge in [-0.2, -0.15) is 0 Å². The summed E-state index contributed by atoms with van der Waals surface area (Å²) in [6, 6.07) is 6.87. The van der Waals surface area contributed by atoms with Gasteiger partial charge in [0.15, 0.2) is 0 Å². The number of hydrogen-bond acceptors (Lipinski definition) is 3. The molecule has 0 spiro atoms. The molecule has 0 radical (unpaired) electrons. The second-order valence-corrected chi connectivity index (χ2v) is 6.76. The molecular formula is C18H29N3. The summed E-state index contributed by atoms with van der Waals surface area (Å²) in [5.74, 6) is 0.894. The van der Waals surface area contributed by atoms with Gasteiger partial charge in [0.05, 0.1) is 0 Å². The minimum absolute atomic E-state index is 0.894. The Morgan fingerprint density at radius 1 is 1.10 bits per heavy atom. The van der Waals surface area contributed by atoms with Crippen LogP contribution in [0, 0.1) is 12.8 Å². The second kappa shape index (κ2) is 6.80. The molecule has 0 amide bonds. The Kier molecular flexibility index (Phi) is 4.81. The smallest absolute Gasteiger partial charge is 0.0399 e. The van der Waals surface area contributed by atoms with Gasteiger partial charge in [0.2, 0.25) is 0 Å². The molecule has 3 heteroatoms. The van der Waals surface area contributed by atoms with Crippen LogP contribution in [0.3, 0.4) is 0 Å². The summed E-state index contributed by atoms with van der Waals surface area (Å²) in [5.41, 5.74) is 4.47. The number of anilines is 1. The molecule has 2 saturated heterocycles. The Balaban J connectivity index is 1.72. The quantitative estimate of drug-likeness (QED) is 0.922. The van der Waals surface area contributed by atoms with E-state index in [-0.39, 0.29) is 0 Å². The monoisotopic (exact) mass is 287 g/mol. The molecule has 0 bridgehead atoms. The van der Waals surface area contributed by atoms with E-state index in [1.165, 1.54) is 55.8 Å². The molecule has 21 heavy (non-hydrogen) atoms. The average Bonchev–Trinajstić information content (AvgIpc) is 2.52. The minimum atomic E-state index is 0.894. The molecule has 0 saturated carbocycles. The first-order chi connectivity index (χ1) is 10.2. The van der Waals surface area contributed by atoms with Gasteiger partial charge in [0.1, 0.15) is 0 Å². The van der Waals surface area contributed by atoms with E-state index in [1.54, 1.807) is 0 Å². The van der Waals surface area contributed by atoms with Crippen molar-refractivity contribution in [2.24, 2.45) is 5.92 Å². The van der Waals surface area contributed by atoms with E-state index in [9.17, 15) is 0 Å². The zero-order valence-corrected chi connectivity index (χ0v) is 13.6. The zero-order chi connectivity index (χ0) is 14.7. The van der Waals surface area contributed by atoms with E-state index >= 15 is 0 Å². The summed E-state index contributed by atoms with van der Waals surface area (Å²) in [5, 5.41) is 3.43. The number of nitrogens with zero attached hydrogens (tertiary/aromatic N) is 2. The van der Waals surface area contributed by atoms with Gasteiger partial charge < -0.3 is 10.2 Å². The van der Waals surface area contributed by atoms with E-state index in [0.29, 0.717) is 0 Å². The maximum atomic E-state index is 3.43. The Morgan fingerprint density at radius 2 is 1.81 bits per heavy atom. The molecule has 0 aromatic heterocycles. The molecular weight excluding hydrogens is 258 g/mol. The number of benzene rings is 1. The molecule has 2 aliphatic heterocycles. The Morgan fingerprint density at radius 3 is 2.52 bits per heavy atom. The van der Waals surface area contributed by atoms with Crippen LogP contribution in [0.4, 0.5) is 5.69 Å². The van der Waals surface area contributed by atoms with Crippen molar-refractivity contribution < 1.29 is 0 Å². The highest BCUT2D eigenvalue weighted by atomic mass is 15.2. The minimum Gasteiger partial charge on any atom is -0.371 e. The normalized spacial score (nSPS) is 21.7. The van der Waals surface area contributed by atoms with Crippen LogP contribution in [0.25, 0.3) is 0 Å². The highest BCUT2D eigenvalue weighted by Crippen LogP contribution is 2.28. The average molecular weight is 287 g/mol. The highest BCUT2D eigenvalue weighted by molar-refractivity contribution is 5.56. The zero-order valence-electron chi connectivity index (χ0n) is 13.6. The van der Waals surface area contributed by atoms with Crippen LogP contribution < -0.4 is 10.2 Å². The van der Waals surface area contributed by atoms with Crippen LogP contribution in [0.5, 0.6) is 0 Å². The summed E-state index contributed by atoms with van der Waals surface area (Å²) < 4.78 is 0. The first-order valence-corrected chi connectivity index (χ1v) is 8.50. The summed E-state index contributed by atoms with van der Waals surface area (Å²) in [6.07, 6.45) is 2.67. The van der Waals surface area contributed by atoms with Gasteiger partial charge in [-0.3, -0.25) is 4.90 Å². The van der Waals surface area contributed by atoms with E-state index < -0.39 is 0 Å². The molecule has 2 heterocycles. The molecule has 0 atom stereocenters. The number of piperazine rings is 1. The molecule has 1 N–H and O–H groups in total. The fourth-order valence-corrected chi connectivity index (χ4v) is 3.54. The second-order valence-electron chi connectivity index (χ2n) is 6.76. The molecule has 1 aromatic rings. The molecule has 3 rings (SSSR count). The standard InChI is InChI=1S/C18H29N3/c1-15-6-10-21(11-7-15)18-5-3-4-17(16(18)2)14-20-12-8-19-9-13-20/h3-5,15,19H,6-14H2,1-2H3. The third-order valence-corrected chi connectivity index (χ3v) is 5.15. The Hall–Kier alpha value is -1.06. The number of hydrogen-bond donors (Lipinski definition) is 1. The summed E-state index contributed by atoms with van der Waals surface area (Å²) in [7, 11) is 0. The van der Waals surface area contributed by atoms with Crippen LogP contribution in [0.1, 0.15) is 30.9 Å². The first-order valence-electron chi connectivity index (χ1n) is 8.50. The lowest BCUT2D eigenvalue weighted by Gasteiger charge is -2.34. The topological polar surface area (TPSA) is 18.5 Å². The van der Waals surface area contributed by atoms with Crippen molar-refractivity contribution >= 4 is 5.69 Å². The number of piperidine rings is 1. The third-order valence-electron chi connectivity index (χ3n) is 5.15. The molecule has 2 fully saturated rings. The highest BCUT2D eigenvalue weighted by Gasteiger charge is 2.19. The van der Waals surface area contributed by atoms with E-state index in [0.717, 1.165) is 25.6 Å². The first kappa shape index (κ1) is 14.9. The lowest BCUT2D eigenvalue weighted by molar-refractivity contribution is 0.233. The fourth-order valence-electron chi connectivity index (χ4n) is 3.54. The van der Waals surface area contributed by atoms with Crippen LogP contribution in [-0.2, 0) is 6.54 Å². The van der Waals surface area contributed by atoms with Gasteiger partial charge in [0, 0.05) is 51.5 Å². The summed E-state index contributed by atoms with van der Waals surface area (Å²) in [6.45, 7) is 12.8. The predicted molar refractivity (Wildman–Crippen MR) is 89.9 cm³/mol. The van der Waals surface area contributed by atoms with E-state index in [1.807, 2.05) is 0 Å². The summed E-state index contributed by atoms with van der Waals surface area (Å²) in [4.78, 5) is 5.16. The van der Waals surface area contributed by atoms with Gasteiger partial charge >= 0.3 is 0 Å². The van der Waals surface area contributed by atoms with Gasteiger partial charge in [-0.25, -0.2) is 0 Å². The molecule has 2 aliphatic rings. The maximum Gasteiger partial charge on any atom is 0.0399 e. The number of nitrogens with one attached hydrogen (secondary N) is 1. The van der Waals surface area contributed by atoms with Gasteiger partial charge in [0.25, 0.3) is 0 Å². The third kappa shape index (κ3) is 3.58. The Labute approximate surface area is 129 Å². The van der Waals surface area contributed by atoms with E-state index in [4.69, 9.17) is 0 Å². The van der Waals surface area contributed by atoms with E-state index in [2.05, 4.69) is 47.2 Å². The molecule has 0 aliphatic carbocycles. The van der Waals surface area contributed by atoms with Crippen molar-refractivity contribution in [1.29, 1.82) is 0 Å². The predicted octanol–water partition coefficient (Wildman–Crippen LogP) is 2.64. The van der Waals surface area contributed by atoms with Crippen LogP contribution >= 0.6 is 0 Å². The number of rotatable bonds is 3. The van der Waals surface area contributed by atoms with Crippen molar-refractivity contribution in [2.75, 3.05) is 44.2 Å². The molecule has 1 aromatic carbocycles. The maximum absolute atomic E-state index is 3.43. The fraction of sp³-hybridized carbons (Fsp3) is 0.667. The van der Waals surface area contributed by atoms with Crippen molar-refractivity contribution in [3.63, 3.8) is 0 Å². The summed E-state index contributed by atoms with van der Waals surface area (Å²) >= 11 is 0. The van der Waals surface area contributed by atoms with Crippen LogP contribution in [0.2, 0.25) is 0 Å². The largest absolute Gasteiger partial charge is 0.371 e. The lowest BCUT2D eigenvalue weighted by atomic mass is 9.97. The van der Waals surface area contributed by atoms with Crippen molar-refractivity contribution in [3.05, 3.63) is 29.3 Å². The molecule has 3 nitrogen and oxygen atoms in total. The van der Waals surface area contributed by atoms with Crippen molar-refractivity contribution in [3.8, 4) is 0 Å². The van der Waals surface area contributed by atoms with Crippen LogP contribution in [0.15, 0.2) is 18.2 Å². The van der Waals surface area contributed by atoms with Crippen LogP contribution in [-0.4, -0.2) is 44.2 Å². The SMILES string of the molecule is Cc1c(CN2CCNCC2)cccc1N1CCC(C)CC1. The van der Waals surface area contributed by atoms with Crippen molar-refractivity contribution in [2.45, 2.75) is 33.2 Å². The van der Waals surface area contributed by atoms with Gasteiger partial charge in [-0.05, 0) is 42.9 Å².